The molecule has 23 heavy (non-hydrogen) atoms. The maximum Gasteiger partial charge on any atom is 0.124 e. The van der Waals surface area contributed by atoms with Crippen LogP contribution in [0.25, 0.3) is 0 Å². The average Bonchev–Trinajstić information content (AvgIpc) is 3.04. The van der Waals surface area contributed by atoms with Crippen LogP contribution in [0.5, 0.6) is 5.75 Å². The molecule has 2 aliphatic heterocycles. The first-order chi connectivity index (χ1) is 11.2. The van der Waals surface area contributed by atoms with Gasteiger partial charge in [-0.05, 0) is 37.6 Å². The Morgan fingerprint density at radius 2 is 2.04 bits per heavy atom. The molecule has 2 heterocycles. The summed E-state index contributed by atoms with van der Waals surface area (Å²) in [4.78, 5) is 0. The average molecular weight is 330 g/mol. The molecule has 0 amide bonds. The molecule has 1 unspecified atom stereocenters. The Kier molecular flexibility index (Phi) is 3.70. The normalized spacial score (nSPS) is 25.4. The third-order valence-electron chi connectivity index (χ3n) is 4.92. The fourth-order valence-electron chi connectivity index (χ4n) is 3.85. The zero-order valence-electron chi connectivity index (χ0n) is 13.3. The number of hydrogen-bond donors (Lipinski definition) is 1. The fourth-order valence-corrected chi connectivity index (χ4v) is 4.03. The number of halogens is 1. The summed E-state index contributed by atoms with van der Waals surface area (Å²) in [6, 6.07) is 12.5. The lowest BCUT2D eigenvalue weighted by molar-refractivity contribution is 0.0826. The Balaban J connectivity index is 1.82. The van der Waals surface area contributed by atoms with Gasteiger partial charge in [0.1, 0.15) is 5.75 Å². The Labute approximate surface area is 141 Å². The monoisotopic (exact) mass is 329 g/mol. The van der Waals surface area contributed by atoms with Crippen molar-refractivity contribution in [3.63, 3.8) is 0 Å². The van der Waals surface area contributed by atoms with Gasteiger partial charge >= 0.3 is 0 Å². The van der Waals surface area contributed by atoms with Crippen molar-refractivity contribution in [1.82, 2.24) is 0 Å². The van der Waals surface area contributed by atoms with Gasteiger partial charge in [-0.25, -0.2) is 0 Å². The number of fused-ring (bicyclic) bond motifs is 3. The highest BCUT2D eigenvalue weighted by atomic mass is 35.5. The zero-order chi connectivity index (χ0) is 16.0. The van der Waals surface area contributed by atoms with E-state index in [0.29, 0.717) is 5.92 Å². The molecule has 1 N–H and O–H groups in total. The molecule has 1 fully saturated rings. The number of hydrogen-bond acceptors (Lipinski definition) is 3. The maximum atomic E-state index is 6.24. The summed E-state index contributed by atoms with van der Waals surface area (Å²) in [5, 5.41) is 4.42. The van der Waals surface area contributed by atoms with E-state index < -0.39 is 0 Å². The largest absolute Gasteiger partial charge is 0.496 e. The summed E-state index contributed by atoms with van der Waals surface area (Å²) < 4.78 is 11.6. The number of methoxy groups -OCH3 is 1. The number of anilines is 1. The van der Waals surface area contributed by atoms with Crippen LogP contribution >= 0.6 is 11.6 Å². The van der Waals surface area contributed by atoms with Gasteiger partial charge in [-0.3, -0.25) is 0 Å². The molecule has 0 radical (unpaired) electrons. The van der Waals surface area contributed by atoms with Crippen LogP contribution in [0.4, 0.5) is 5.69 Å². The molecule has 2 aliphatic rings. The lowest BCUT2D eigenvalue weighted by atomic mass is 9.80. The van der Waals surface area contributed by atoms with E-state index in [1.165, 1.54) is 11.1 Å². The molecule has 0 aliphatic carbocycles. The first-order valence-electron chi connectivity index (χ1n) is 7.99. The Bertz CT molecular complexity index is 746. The molecule has 0 spiro atoms. The summed E-state index contributed by atoms with van der Waals surface area (Å²) in [7, 11) is 1.70. The zero-order valence-corrected chi connectivity index (χ0v) is 14.1. The van der Waals surface area contributed by atoms with Crippen molar-refractivity contribution in [2.75, 3.05) is 19.0 Å². The van der Waals surface area contributed by atoms with Crippen molar-refractivity contribution in [3.05, 3.63) is 58.1 Å². The van der Waals surface area contributed by atoms with Crippen LogP contribution in [0, 0.1) is 12.8 Å². The summed E-state index contributed by atoms with van der Waals surface area (Å²) in [5.41, 5.74) is 4.78. The molecular weight excluding hydrogens is 310 g/mol. The van der Waals surface area contributed by atoms with Crippen molar-refractivity contribution in [3.8, 4) is 5.75 Å². The molecule has 4 heteroatoms. The van der Waals surface area contributed by atoms with Gasteiger partial charge in [-0.2, -0.15) is 0 Å². The molecule has 3 nitrogen and oxygen atoms in total. The molecule has 0 bridgehead atoms. The molecular formula is C19H20ClNO2. The number of benzene rings is 2. The summed E-state index contributed by atoms with van der Waals surface area (Å²) in [5.74, 6) is 1.25. The van der Waals surface area contributed by atoms with Gasteiger partial charge in [0.25, 0.3) is 0 Å². The number of aryl methyl sites for hydroxylation is 1. The van der Waals surface area contributed by atoms with E-state index in [2.05, 4.69) is 30.4 Å². The molecule has 1 saturated heterocycles. The Hall–Kier alpha value is -1.71. The second-order valence-corrected chi connectivity index (χ2v) is 6.78. The van der Waals surface area contributed by atoms with E-state index in [-0.39, 0.29) is 12.1 Å². The molecule has 0 aromatic heterocycles. The highest BCUT2D eigenvalue weighted by Crippen LogP contribution is 2.51. The van der Waals surface area contributed by atoms with Crippen molar-refractivity contribution < 1.29 is 9.47 Å². The van der Waals surface area contributed by atoms with Crippen LogP contribution in [-0.2, 0) is 4.74 Å². The van der Waals surface area contributed by atoms with Crippen molar-refractivity contribution in [1.29, 1.82) is 0 Å². The van der Waals surface area contributed by atoms with E-state index in [1.54, 1.807) is 7.11 Å². The lowest BCUT2D eigenvalue weighted by Gasteiger charge is -2.37. The van der Waals surface area contributed by atoms with Gasteiger partial charge in [0.2, 0.25) is 0 Å². The van der Waals surface area contributed by atoms with Gasteiger partial charge in [0, 0.05) is 34.4 Å². The smallest absolute Gasteiger partial charge is 0.124 e. The van der Waals surface area contributed by atoms with E-state index >= 15 is 0 Å². The first kappa shape index (κ1) is 14.9. The molecule has 2 aromatic rings. The van der Waals surface area contributed by atoms with Gasteiger partial charge < -0.3 is 14.8 Å². The predicted octanol–water partition coefficient (Wildman–Crippen LogP) is 4.90. The molecule has 2 aromatic carbocycles. The van der Waals surface area contributed by atoms with Crippen LogP contribution in [0.15, 0.2) is 36.4 Å². The maximum absolute atomic E-state index is 6.24. The van der Waals surface area contributed by atoms with E-state index in [1.807, 2.05) is 18.2 Å². The summed E-state index contributed by atoms with van der Waals surface area (Å²) in [6.07, 6.45) is 1.17. The van der Waals surface area contributed by atoms with Gasteiger partial charge in [0.15, 0.2) is 0 Å². The van der Waals surface area contributed by atoms with E-state index in [9.17, 15) is 0 Å². The SMILES string of the molecule is COc1ccc(Cl)cc1C1Nc2ccc(C)cc2[C@H]2OCC[C@@H]12. The van der Waals surface area contributed by atoms with Crippen molar-refractivity contribution in [2.45, 2.75) is 25.5 Å². The number of rotatable bonds is 2. The highest BCUT2D eigenvalue weighted by molar-refractivity contribution is 6.30. The number of nitrogens with one attached hydrogen (secondary N) is 1. The predicted molar refractivity (Wildman–Crippen MR) is 92.3 cm³/mol. The van der Waals surface area contributed by atoms with Crippen LogP contribution in [-0.4, -0.2) is 13.7 Å². The van der Waals surface area contributed by atoms with Crippen molar-refractivity contribution in [2.24, 2.45) is 5.92 Å². The summed E-state index contributed by atoms with van der Waals surface area (Å²) >= 11 is 6.24. The standard InChI is InChI=1S/C19H20ClNO2/c1-11-3-5-16-14(9-11)19-13(7-8-23-19)18(21-16)15-10-12(20)4-6-17(15)22-2/h3-6,9-10,13,18-19,21H,7-8H2,1-2H3/t13-,18?,19-/m0/s1. The third-order valence-corrected chi connectivity index (χ3v) is 5.15. The fraction of sp³-hybridized carbons (Fsp3) is 0.368. The van der Waals surface area contributed by atoms with Crippen molar-refractivity contribution >= 4 is 17.3 Å². The molecule has 3 atom stereocenters. The minimum atomic E-state index is 0.139. The topological polar surface area (TPSA) is 30.5 Å². The second-order valence-electron chi connectivity index (χ2n) is 6.34. The second kappa shape index (κ2) is 5.73. The first-order valence-corrected chi connectivity index (χ1v) is 8.37. The minimum Gasteiger partial charge on any atom is -0.496 e. The molecule has 0 saturated carbocycles. The van der Waals surface area contributed by atoms with E-state index in [0.717, 1.165) is 35.1 Å². The Morgan fingerprint density at radius 3 is 2.87 bits per heavy atom. The van der Waals surface area contributed by atoms with Crippen LogP contribution in [0.2, 0.25) is 5.02 Å². The van der Waals surface area contributed by atoms with Crippen LogP contribution < -0.4 is 10.1 Å². The summed E-state index contributed by atoms with van der Waals surface area (Å²) in [6.45, 7) is 2.92. The van der Waals surface area contributed by atoms with Gasteiger partial charge in [-0.15, -0.1) is 0 Å². The molecule has 120 valence electrons. The van der Waals surface area contributed by atoms with Gasteiger partial charge in [-0.1, -0.05) is 29.3 Å². The van der Waals surface area contributed by atoms with Gasteiger partial charge in [0.05, 0.1) is 19.3 Å². The highest BCUT2D eigenvalue weighted by Gasteiger charge is 2.42. The lowest BCUT2D eigenvalue weighted by Crippen LogP contribution is -2.29. The number of ether oxygens (including phenoxy) is 2. The third kappa shape index (κ3) is 2.48. The Morgan fingerprint density at radius 1 is 1.17 bits per heavy atom. The minimum absolute atomic E-state index is 0.139. The quantitative estimate of drug-likeness (QED) is 0.850. The van der Waals surface area contributed by atoms with Crippen LogP contribution in [0.1, 0.15) is 35.3 Å². The molecule has 4 rings (SSSR count). The van der Waals surface area contributed by atoms with Crippen LogP contribution in [0.3, 0.4) is 0 Å². The van der Waals surface area contributed by atoms with E-state index in [4.69, 9.17) is 21.1 Å².